The Morgan fingerprint density at radius 2 is 0.676 bits per heavy atom. The number of carbonyl (C=O) groups excluding carboxylic acids is 5. The van der Waals surface area contributed by atoms with E-state index in [9.17, 15) is 24.0 Å². The highest BCUT2D eigenvalue weighted by Gasteiger charge is 2.29. The number of ketones is 1. The Bertz CT molecular complexity index is 2870. The zero-order chi connectivity index (χ0) is 88.0. The maximum absolute atomic E-state index is 11.7. The van der Waals surface area contributed by atoms with E-state index in [1.165, 1.54) is 52.6 Å². The van der Waals surface area contributed by atoms with E-state index in [0.29, 0.717) is 38.3 Å². The lowest BCUT2D eigenvalue weighted by molar-refractivity contribution is -0.149. The van der Waals surface area contributed by atoms with Crippen molar-refractivity contribution >= 4 is 37.7 Å². The fraction of sp³-hybridized carbons (Fsp3) is 0.610. The molecular formula is C100H174O10Si. The highest BCUT2D eigenvalue weighted by Crippen LogP contribution is 2.44. The second-order valence-electron chi connectivity index (χ2n) is 34.4. The zero-order valence-corrected chi connectivity index (χ0v) is 79.5. The highest BCUT2D eigenvalue weighted by molar-refractivity contribution is 6.74. The number of allylic oxidation sites excluding steroid dienone is 1. The van der Waals surface area contributed by atoms with Gasteiger partial charge < -0.3 is 24.1 Å². The number of aliphatic hydroxyl groups is 1. The van der Waals surface area contributed by atoms with Crippen LogP contribution in [0.15, 0.2) is 159 Å². The molecule has 0 saturated heterocycles. The molecule has 1 aliphatic rings. The van der Waals surface area contributed by atoms with Crippen LogP contribution in [0.1, 0.15) is 287 Å². The lowest BCUT2D eigenvalue weighted by Crippen LogP contribution is -2.16. The van der Waals surface area contributed by atoms with Crippen molar-refractivity contribution in [2.24, 2.45) is 76.9 Å². The smallest absolute Gasteiger partial charge is 0.308 e. The van der Waals surface area contributed by atoms with Crippen LogP contribution in [0.2, 0.25) is 26.2 Å². The standard InChI is InChI=1S/C18H18O2.C11H14O2.C11H16O.C10H14.C8H16O2.C7H12O2.C6H12.C5H10O.2C5H12.C4H12Si.2C4H10.C2H6/c1-12(2)18(19)20-11-17-15-9-5-3-7-13(15)14-8-4-6-10-16(14)17;1-9(2)11(12)13-8-10-6-4-3-5-7-10;1-9(2)7-10-3-5-11(8-12)6-4-10;1-9(2)8-10-6-4-3-5-7-10;1-6(2)5-10-8(9)7(3)4;1-4-5-9-7(8)6(2)3;1-4-5-6(2)3;1-4(2)5(3)6;2*1-4-5(2)3;1-5(2,3)4;2*1-4(2)3;1-2/h3-10,12,17H,11H2,1-2H3;3-7,9H,8H2,1-2H3;3-6,9,12H,7-8H2,1-2H3;3-7,9H,8H2,1-2H3;6-7H,5H2,1-4H3;4,6H,1,5H2,2-3H3;4,6H,1,5H2,2-3H3;4H,1-3H3;2*5H,4H2,1-3H3;1-4H3;2*4H,1-3H3;1-2H3. The summed E-state index contributed by atoms with van der Waals surface area (Å²) in [4.78, 5) is 54.4. The SMILES string of the molecule is C=CCC(C)C.C=CCOC(=O)C(C)C.CC.CC(=O)C(C)C.CC(C)C.CC(C)C.CC(C)C(=O)OCC1c2ccccc2-c2ccccc21.CC(C)C(=O)OCc1ccccc1.CC(C)COC(=O)C(C)C.CC(C)Cc1ccc(CO)cc1.CC(C)Cc1ccccc1.CCC(C)C.CCC(C)C.C[Si](C)(C)C. The van der Waals surface area contributed by atoms with Gasteiger partial charge >= 0.3 is 23.9 Å². The quantitative estimate of drug-likeness (QED) is 0.0308. The third-order valence-corrected chi connectivity index (χ3v) is 13.8. The van der Waals surface area contributed by atoms with E-state index < -0.39 is 8.07 Å². The summed E-state index contributed by atoms with van der Waals surface area (Å²) in [5.74, 6) is 6.02. The van der Waals surface area contributed by atoms with Gasteiger partial charge in [0.05, 0.1) is 36.9 Å². The normalized spacial score (nSPS) is 10.4. The molecule has 0 radical (unpaired) electrons. The van der Waals surface area contributed by atoms with Gasteiger partial charge in [-0.05, 0) is 118 Å². The van der Waals surface area contributed by atoms with E-state index in [0.717, 1.165) is 59.5 Å². The van der Waals surface area contributed by atoms with E-state index in [-0.39, 0.29) is 71.8 Å². The molecule has 638 valence electrons. The molecule has 5 aromatic rings. The van der Waals surface area contributed by atoms with Crippen LogP contribution in [0.4, 0.5) is 0 Å². The van der Waals surface area contributed by atoms with Crippen molar-refractivity contribution in [1.82, 2.24) is 0 Å². The fourth-order valence-corrected chi connectivity index (χ4v) is 7.06. The molecule has 0 saturated carbocycles. The van der Waals surface area contributed by atoms with Gasteiger partial charge in [0, 0.05) is 19.9 Å². The number of carbonyl (C=O) groups is 5. The Morgan fingerprint density at radius 1 is 0.387 bits per heavy atom. The lowest BCUT2D eigenvalue weighted by Gasteiger charge is -2.15. The molecule has 0 spiro atoms. The number of aliphatic hydroxyl groups excluding tert-OH is 1. The summed E-state index contributed by atoms with van der Waals surface area (Å²) in [6.45, 7) is 85.7. The van der Waals surface area contributed by atoms with E-state index >= 15 is 0 Å². The molecule has 1 N–H and O–H groups in total. The van der Waals surface area contributed by atoms with Gasteiger partial charge in [-0.25, -0.2) is 0 Å². The first-order valence-corrected chi connectivity index (χ1v) is 45.9. The van der Waals surface area contributed by atoms with Crippen molar-refractivity contribution in [2.45, 2.75) is 306 Å². The predicted octanol–water partition coefficient (Wildman–Crippen LogP) is 28.7. The van der Waals surface area contributed by atoms with Crippen molar-refractivity contribution in [2.75, 3.05) is 19.8 Å². The Hall–Kier alpha value is -6.69. The average Bonchev–Trinajstić information content (AvgIpc) is 1.62. The predicted molar refractivity (Wildman–Crippen MR) is 490 cm³/mol. The summed E-state index contributed by atoms with van der Waals surface area (Å²) in [6, 6.07) is 45.2. The molecule has 5 aromatic carbocycles. The van der Waals surface area contributed by atoms with Gasteiger partial charge in [0.25, 0.3) is 0 Å². The molecule has 0 fully saturated rings. The van der Waals surface area contributed by atoms with Crippen LogP contribution < -0.4 is 0 Å². The van der Waals surface area contributed by atoms with E-state index in [1.54, 1.807) is 26.8 Å². The maximum Gasteiger partial charge on any atom is 0.308 e. The second-order valence-corrected chi connectivity index (χ2v) is 40.4. The van der Waals surface area contributed by atoms with Gasteiger partial charge in [0.1, 0.15) is 25.6 Å². The van der Waals surface area contributed by atoms with Crippen LogP contribution in [-0.4, -0.2) is 62.7 Å². The molecule has 0 unspecified atom stereocenters. The molecule has 0 aromatic heterocycles. The highest BCUT2D eigenvalue weighted by atomic mass is 28.3. The monoisotopic (exact) mass is 1560 g/mol. The molecule has 0 aliphatic heterocycles. The molecule has 0 atom stereocenters. The molecule has 0 amide bonds. The lowest BCUT2D eigenvalue weighted by atomic mass is 9.98. The zero-order valence-electron chi connectivity index (χ0n) is 78.5. The van der Waals surface area contributed by atoms with Gasteiger partial charge in [0.15, 0.2) is 0 Å². The molecule has 0 bridgehead atoms. The first kappa shape index (κ1) is 120. The number of rotatable bonds is 22. The van der Waals surface area contributed by atoms with Crippen LogP contribution in [0.5, 0.6) is 0 Å². The molecule has 11 heteroatoms. The van der Waals surface area contributed by atoms with E-state index in [1.807, 2.05) is 144 Å². The molecule has 10 nitrogen and oxygen atoms in total. The van der Waals surface area contributed by atoms with Crippen LogP contribution >= 0.6 is 0 Å². The Labute approximate surface area is 687 Å². The Kier molecular flexibility index (Phi) is 83.5. The van der Waals surface area contributed by atoms with Crippen molar-refractivity contribution < 1.29 is 48.0 Å². The topological polar surface area (TPSA) is 142 Å². The Balaban J connectivity index is -0.000000178. The van der Waals surface area contributed by atoms with E-state index in [4.69, 9.17) is 24.1 Å². The third-order valence-electron chi connectivity index (χ3n) is 13.8. The minimum absolute atomic E-state index is 0.00116. The van der Waals surface area contributed by atoms with Gasteiger partial charge in [-0.3, -0.25) is 24.0 Å². The molecular weight excluding hydrogens is 1390 g/mol. The number of benzene rings is 5. The maximum atomic E-state index is 11.7. The van der Waals surface area contributed by atoms with Crippen LogP contribution in [0.3, 0.4) is 0 Å². The first-order chi connectivity index (χ1) is 51.5. The molecule has 6 rings (SSSR count). The summed E-state index contributed by atoms with van der Waals surface area (Å²) < 4.78 is 20.1. The average molecular weight is 1560 g/mol. The van der Waals surface area contributed by atoms with Crippen LogP contribution in [-0.2, 0) is 69.0 Å². The summed E-state index contributed by atoms with van der Waals surface area (Å²) in [5, 5.41) is 8.81. The van der Waals surface area contributed by atoms with Crippen molar-refractivity contribution in [3.05, 3.63) is 192 Å². The summed E-state index contributed by atoms with van der Waals surface area (Å²) in [7, 11) is -0.611. The minimum Gasteiger partial charge on any atom is -0.465 e. The largest absolute Gasteiger partial charge is 0.465 e. The molecule has 0 heterocycles. The Morgan fingerprint density at radius 3 is 0.946 bits per heavy atom. The summed E-state index contributed by atoms with van der Waals surface area (Å²) in [5.41, 5.74) is 9.83. The molecule has 1 aliphatic carbocycles. The molecule has 111 heavy (non-hydrogen) atoms. The van der Waals surface area contributed by atoms with Crippen LogP contribution in [0.25, 0.3) is 11.1 Å². The van der Waals surface area contributed by atoms with Gasteiger partial charge in [-0.15, -0.1) is 6.58 Å². The number of esters is 4. The number of Topliss-reactive ketones (excluding diaryl/α,β-unsaturated/α-hetero) is 1. The number of hydrogen-bond acceptors (Lipinski definition) is 10. The number of hydrogen-bond donors (Lipinski definition) is 1. The minimum atomic E-state index is -0.611. The second kappa shape index (κ2) is 77.3. The van der Waals surface area contributed by atoms with Crippen LogP contribution in [0, 0.1) is 76.9 Å². The number of ether oxygens (including phenoxy) is 4. The van der Waals surface area contributed by atoms with Crippen molar-refractivity contribution in [1.29, 1.82) is 0 Å². The van der Waals surface area contributed by atoms with Gasteiger partial charge in [-0.1, -0.05) is 413 Å². The van der Waals surface area contributed by atoms with E-state index in [2.05, 4.69) is 243 Å². The summed E-state index contributed by atoms with van der Waals surface area (Å²) in [6.07, 6.45) is 9.57. The number of fused-ring (bicyclic) bond motifs is 3. The summed E-state index contributed by atoms with van der Waals surface area (Å²) >= 11 is 0. The third kappa shape index (κ3) is 88.7. The fourth-order valence-electron chi connectivity index (χ4n) is 7.06. The van der Waals surface area contributed by atoms with Crippen molar-refractivity contribution in [3.63, 3.8) is 0 Å². The van der Waals surface area contributed by atoms with Gasteiger partial charge in [0.2, 0.25) is 0 Å². The first-order valence-electron chi connectivity index (χ1n) is 41.9. The van der Waals surface area contributed by atoms with Crippen molar-refractivity contribution in [3.8, 4) is 11.1 Å². The van der Waals surface area contributed by atoms with Gasteiger partial charge in [-0.2, -0.15) is 0 Å².